The number of nitro groups is 1. The second-order valence-electron chi connectivity index (χ2n) is 6.26. The molecule has 0 aliphatic rings. The molecule has 0 radical (unpaired) electrons. The van der Waals surface area contributed by atoms with Crippen molar-refractivity contribution in [3.63, 3.8) is 0 Å². The number of carbonyl (C=O) groups is 1. The van der Waals surface area contributed by atoms with Gasteiger partial charge in [-0.25, -0.2) is 8.42 Å². The predicted molar refractivity (Wildman–Crippen MR) is 109 cm³/mol. The maximum absolute atomic E-state index is 12.4. The summed E-state index contributed by atoms with van der Waals surface area (Å²) in [6.07, 6.45) is 0. The van der Waals surface area contributed by atoms with Gasteiger partial charge in [-0.05, 0) is 49.4 Å². The van der Waals surface area contributed by atoms with E-state index < -0.39 is 20.9 Å². The fourth-order valence-corrected chi connectivity index (χ4v) is 3.58. The minimum atomic E-state index is -3.74. The Balaban J connectivity index is 1.71. The number of nitrogens with zero attached hydrogens (tertiary/aromatic N) is 1. The summed E-state index contributed by atoms with van der Waals surface area (Å²) in [5, 5.41) is 13.4. The zero-order valence-electron chi connectivity index (χ0n) is 15.3. The molecule has 2 N–H and O–H groups in total. The summed E-state index contributed by atoms with van der Waals surface area (Å²) in [5.41, 5.74) is 1.67. The van der Waals surface area contributed by atoms with Crippen LogP contribution in [0, 0.1) is 17.0 Å². The van der Waals surface area contributed by atoms with Crippen molar-refractivity contribution in [1.82, 2.24) is 0 Å². The Morgan fingerprint density at radius 3 is 2.21 bits per heavy atom. The van der Waals surface area contributed by atoms with Crippen LogP contribution >= 0.6 is 0 Å². The van der Waals surface area contributed by atoms with Crippen molar-refractivity contribution < 1.29 is 18.1 Å². The average Bonchev–Trinajstić information content (AvgIpc) is 2.68. The van der Waals surface area contributed by atoms with E-state index in [1.165, 1.54) is 60.7 Å². The van der Waals surface area contributed by atoms with Gasteiger partial charge in [-0.1, -0.05) is 23.8 Å². The zero-order valence-corrected chi connectivity index (χ0v) is 16.1. The molecule has 148 valence electrons. The molecule has 29 heavy (non-hydrogen) atoms. The van der Waals surface area contributed by atoms with Crippen LogP contribution in [0.2, 0.25) is 0 Å². The molecule has 3 rings (SSSR count). The third-order valence-corrected chi connectivity index (χ3v) is 5.44. The molecule has 0 spiro atoms. The van der Waals surface area contributed by atoms with Gasteiger partial charge in [-0.15, -0.1) is 0 Å². The third-order valence-electron chi connectivity index (χ3n) is 4.05. The Morgan fingerprint density at radius 2 is 1.59 bits per heavy atom. The lowest BCUT2D eigenvalue weighted by Crippen LogP contribution is -2.14. The summed E-state index contributed by atoms with van der Waals surface area (Å²) < 4.78 is 27.3. The molecule has 0 atom stereocenters. The summed E-state index contributed by atoms with van der Waals surface area (Å²) in [5.74, 6) is -0.474. The number of rotatable bonds is 6. The Kier molecular flexibility index (Phi) is 5.60. The number of hydrogen-bond acceptors (Lipinski definition) is 5. The predicted octanol–water partition coefficient (Wildman–Crippen LogP) is 3.96. The maximum atomic E-state index is 12.4. The quantitative estimate of drug-likeness (QED) is 0.470. The Labute approximate surface area is 167 Å². The summed E-state index contributed by atoms with van der Waals surface area (Å²) in [6, 6.07) is 17.9. The second kappa shape index (κ2) is 8.11. The molecule has 0 aromatic heterocycles. The van der Waals surface area contributed by atoms with E-state index in [0.29, 0.717) is 5.69 Å². The monoisotopic (exact) mass is 411 g/mol. The average molecular weight is 411 g/mol. The van der Waals surface area contributed by atoms with E-state index in [2.05, 4.69) is 10.0 Å². The Bertz CT molecular complexity index is 1160. The first-order chi connectivity index (χ1) is 13.7. The van der Waals surface area contributed by atoms with Gasteiger partial charge in [0.25, 0.3) is 21.6 Å². The summed E-state index contributed by atoms with van der Waals surface area (Å²) in [7, 11) is -3.74. The molecular weight excluding hydrogens is 394 g/mol. The van der Waals surface area contributed by atoms with Crippen molar-refractivity contribution in [2.24, 2.45) is 0 Å². The van der Waals surface area contributed by atoms with Crippen molar-refractivity contribution in [1.29, 1.82) is 0 Å². The van der Waals surface area contributed by atoms with Crippen LogP contribution in [0.1, 0.15) is 15.9 Å². The first-order valence-corrected chi connectivity index (χ1v) is 9.98. The maximum Gasteiger partial charge on any atom is 0.271 e. The fraction of sp³-hybridized carbons (Fsp3) is 0.0500. The summed E-state index contributed by atoms with van der Waals surface area (Å²) in [4.78, 5) is 22.7. The summed E-state index contributed by atoms with van der Waals surface area (Å²) >= 11 is 0. The van der Waals surface area contributed by atoms with E-state index in [9.17, 15) is 23.3 Å². The van der Waals surface area contributed by atoms with Crippen LogP contribution < -0.4 is 10.0 Å². The lowest BCUT2D eigenvalue weighted by molar-refractivity contribution is -0.384. The lowest BCUT2D eigenvalue weighted by Gasteiger charge is -2.09. The van der Waals surface area contributed by atoms with Crippen LogP contribution in [0.15, 0.2) is 77.7 Å². The topological polar surface area (TPSA) is 118 Å². The molecule has 3 aromatic carbocycles. The van der Waals surface area contributed by atoms with E-state index in [1.54, 1.807) is 12.1 Å². The molecule has 0 saturated carbocycles. The number of carbonyl (C=O) groups excluding carboxylic acids is 1. The molecular formula is C20H17N3O5S. The fourth-order valence-electron chi connectivity index (χ4n) is 2.52. The largest absolute Gasteiger partial charge is 0.322 e. The third kappa shape index (κ3) is 4.96. The highest BCUT2D eigenvalue weighted by molar-refractivity contribution is 7.92. The van der Waals surface area contributed by atoms with Crippen molar-refractivity contribution in [2.45, 2.75) is 11.8 Å². The van der Waals surface area contributed by atoms with Crippen LogP contribution in [0.4, 0.5) is 17.1 Å². The molecule has 3 aromatic rings. The van der Waals surface area contributed by atoms with Crippen molar-refractivity contribution in [2.75, 3.05) is 10.0 Å². The van der Waals surface area contributed by atoms with E-state index in [1.807, 2.05) is 6.92 Å². The smallest absolute Gasteiger partial charge is 0.271 e. The van der Waals surface area contributed by atoms with Gasteiger partial charge in [0, 0.05) is 29.1 Å². The van der Waals surface area contributed by atoms with Gasteiger partial charge >= 0.3 is 0 Å². The molecule has 0 aliphatic carbocycles. The van der Waals surface area contributed by atoms with Crippen LogP contribution in [-0.2, 0) is 10.0 Å². The highest BCUT2D eigenvalue weighted by atomic mass is 32.2. The van der Waals surface area contributed by atoms with E-state index in [-0.39, 0.29) is 21.8 Å². The minimum absolute atomic E-state index is 0.135. The first kappa shape index (κ1) is 20.0. The molecule has 0 heterocycles. The van der Waals surface area contributed by atoms with Gasteiger partial charge in [0.15, 0.2) is 0 Å². The molecule has 9 heteroatoms. The number of nitrogens with one attached hydrogen (secondary N) is 2. The number of nitro benzene ring substituents is 1. The number of amides is 1. The highest BCUT2D eigenvalue weighted by Crippen LogP contribution is 2.20. The van der Waals surface area contributed by atoms with Gasteiger partial charge < -0.3 is 5.32 Å². The van der Waals surface area contributed by atoms with Crippen molar-refractivity contribution in [3.8, 4) is 0 Å². The Morgan fingerprint density at radius 1 is 0.931 bits per heavy atom. The molecule has 0 aliphatic heterocycles. The molecule has 1 amide bonds. The number of anilines is 2. The van der Waals surface area contributed by atoms with Crippen molar-refractivity contribution in [3.05, 3.63) is 94.0 Å². The second-order valence-corrected chi connectivity index (χ2v) is 7.94. The lowest BCUT2D eigenvalue weighted by atomic mass is 10.2. The van der Waals surface area contributed by atoms with Gasteiger partial charge in [0.1, 0.15) is 0 Å². The van der Waals surface area contributed by atoms with E-state index in [4.69, 9.17) is 0 Å². The van der Waals surface area contributed by atoms with Gasteiger partial charge in [0.2, 0.25) is 0 Å². The molecule has 0 saturated heterocycles. The van der Waals surface area contributed by atoms with Crippen LogP contribution in [0.5, 0.6) is 0 Å². The van der Waals surface area contributed by atoms with Gasteiger partial charge in [0.05, 0.1) is 9.82 Å². The number of hydrogen-bond donors (Lipinski definition) is 2. The SMILES string of the molecule is Cc1ccc(S(=O)(=O)Nc2ccc(C(=O)Nc3cccc([N+](=O)[O-])c3)cc2)cc1. The summed E-state index contributed by atoms with van der Waals surface area (Å²) in [6.45, 7) is 1.86. The normalized spacial score (nSPS) is 10.9. The molecule has 8 nitrogen and oxygen atoms in total. The number of non-ortho nitro benzene ring substituents is 1. The number of benzene rings is 3. The van der Waals surface area contributed by atoms with Crippen LogP contribution in [-0.4, -0.2) is 19.2 Å². The molecule has 0 bridgehead atoms. The molecule has 0 unspecified atom stereocenters. The number of sulfonamides is 1. The number of aryl methyl sites for hydroxylation is 1. The minimum Gasteiger partial charge on any atom is -0.322 e. The highest BCUT2D eigenvalue weighted by Gasteiger charge is 2.15. The Hall–Kier alpha value is -3.72. The standard InChI is InChI=1S/C20H17N3O5S/c1-14-5-11-19(12-6-14)29(27,28)22-16-9-7-15(8-10-16)20(24)21-17-3-2-4-18(13-17)23(25)26/h2-13,22H,1H3,(H,21,24). The van der Waals surface area contributed by atoms with E-state index >= 15 is 0 Å². The van der Waals surface area contributed by atoms with E-state index in [0.717, 1.165) is 5.56 Å². The van der Waals surface area contributed by atoms with Crippen LogP contribution in [0.25, 0.3) is 0 Å². The van der Waals surface area contributed by atoms with Gasteiger partial charge in [-0.3, -0.25) is 19.6 Å². The zero-order chi connectivity index (χ0) is 21.0. The first-order valence-electron chi connectivity index (χ1n) is 8.50. The molecule has 0 fully saturated rings. The van der Waals surface area contributed by atoms with Crippen LogP contribution in [0.3, 0.4) is 0 Å². The van der Waals surface area contributed by atoms with Gasteiger partial charge in [-0.2, -0.15) is 0 Å². The van der Waals surface area contributed by atoms with Crippen molar-refractivity contribution >= 4 is 33.0 Å².